The molecule has 4 atom stereocenters. The Balaban J connectivity index is 1.25. The van der Waals surface area contributed by atoms with Crippen molar-refractivity contribution in [2.45, 2.75) is 31.8 Å². The van der Waals surface area contributed by atoms with Gasteiger partial charge in [-0.3, -0.25) is 9.69 Å². The van der Waals surface area contributed by atoms with Crippen LogP contribution < -0.4 is 0 Å². The lowest BCUT2D eigenvalue weighted by Crippen LogP contribution is -2.52. The lowest BCUT2D eigenvalue weighted by Gasteiger charge is -2.37. The number of allylic oxidation sites excluding steroid dienone is 2. The van der Waals surface area contributed by atoms with Crippen molar-refractivity contribution in [3.05, 3.63) is 12.2 Å². The van der Waals surface area contributed by atoms with Crippen LogP contribution in [0.15, 0.2) is 12.2 Å². The summed E-state index contributed by atoms with van der Waals surface area (Å²) in [6.07, 6.45) is 9.44. The number of ether oxygens (including phenoxy) is 1. The molecule has 0 radical (unpaired) electrons. The second-order valence-electron chi connectivity index (χ2n) is 7.17. The Kier molecular flexibility index (Phi) is 3.76. The molecule has 4 aliphatic rings. The van der Waals surface area contributed by atoms with Gasteiger partial charge in [0.15, 0.2) is 0 Å². The molecule has 4 nitrogen and oxygen atoms in total. The van der Waals surface area contributed by atoms with Gasteiger partial charge in [0, 0.05) is 39.3 Å². The van der Waals surface area contributed by atoms with Crippen LogP contribution in [-0.2, 0) is 9.53 Å². The van der Waals surface area contributed by atoms with Crippen molar-refractivity contribution < 1.29 is 9.53 Å². The highest BCUT2D eigenvalue weighted by molar-refractivity contribution is 5.81. The van der Waals surface area contributed by atoms with Gasteiger partial charge in [0.2, 0.25) is 0 Å². The monoisotopic (exact) mass is 290 g/mol. The van der Waals surface area contributed by atoms with E-state index in [0.717, 1.165) is 63.4 Å². The topological polar surface area (TPSA) is 32.8 Å². The highest BCUT2D eigenvalue weighted by Gasteiger charge is 2.37. The summed E-state index contributed by atoms with van der Waals surface area (Å²) in [4.78, 5) is 16.9. The summed E-state index contributed by atoms with van der Waals surface area (Å²) in [7, 11) is 0. The maximum absolute atomic E-state index is 12.3. The Morgan fingerprint density at radius 1 is 1.14 bits per heavy atom. The molecule has 3 fully saturated rings. The smallest absolute Gasteiger partial charge is 0.251 e. The van der Waals surface area contributed by atoms with E-state index in [0.29, 0.717) is 0 Å². The van der Waals surface area contributed by atoms with Crippen molar-refractivity contribution in [1.82, 2.24) is 9.80 Å². The standard InChI is InChI=1S/C17H26N2O2/c20-17(16-2-1-9-21-16)19-7-5-18(6-8-19)12-15-11-13-3-4-14(15)10-13/h3-4,13-16H,1-2,5-12H2/t13-,14-,15+,16-/m0/s1. The van der Waals surface area contributed by atoms with E-state index >= 15 is 0 Å². The number of hydrogen-bond acceptors (Lipinski definition) is 3. The molecular formula is C17H26N2O2. The number of fused-ring (bicyclic) bond motifs is 2. The van der Waals surface area contributed by atoms with Gasteiger partial charge in [-0.15, -0.1) is 0 Å². The maximum atomic E-state index is 12.3. The van der Waals surface area contributed by atoms with E-state index in [9.17, 15) is 4.79 Å². The Hall–Kier alpha value is -0.870. The van der Waals surface area contributed by atoms with Gasteiger partial charge in [-0.25, -0.2) is 0 Å². The number of rotatable bonds is 3. The molecular weight excluding hydrogens is 264 g/mol. The van der Waals surface area contributed by atoms with Gasteiger partial charge >= 0.3 is 0 Å². The number of piperazine rings is 1. The SMILES string of the molecule is O=C([C@@H]1CCCO1)N1CCN(C[C@H]2C[C@H]3C=C[C@H]2C3)CC1. The predicted octanol–water partition coefficient (Wildman–Crippen LogP) is 1.52. The van der Waals surface area contributed by atoms with Gasteiger partial charge in [-0.1, -0.05) is 12.2 Å². The van der Waals surface area contributed by atoms with Crippen molar-refractivity contribution >= 4 is 5.91 Å². The normalized spacial score (nSPS) is 39.3. The van der Waals surface area contributed by atoms with Crippen LogP contribution in [0, 0.1) is 17.8 Å². The Morgan fingerprint density at radius 3 is 2.62 bits per heavy atom. The maximum Gasteiger partial charge on any atom is 0.251 e. The molecule has 0 aromatic heterocycles. The van der Waals surface area contributed by atoms with Crippen LogP contribution in [0.5, 0.6) is 0 Å². The molecule has 1 amide bonds. The van der Waals surface area contributed by atoms with E-state index in [1.54, 1.807) is 0 Å². The van der Waals surface area contributed by atoms with Gasteiger partial charge < -0.3 is 9.64 Å². The predicted molar refractivity (Wildman–Crippen MR) is 80.8 cm³/mol. The molecule has 0 aromatic rings. The first-order chi connectivity index (χ1) is 10.3. The van der Waals surface area contributed by atoms with E-state index in [-0.39, 0.29) is 12.0 Å². The molecule has 116 valence electrons. The van der Waals surface area contributed by atoms with E-state index in [1.165, 1.54) is 19.4 Å². The van der Waals surface area contributed by atoms with Gasteiger partial charge in [-0.05, 0) is 43.4 Å². The molecule has 4 heteroatoms. The summed E-state index contributed by atoms with van der Waals surface area (Å²) in [6, 6.07) is 0. The zero-order chi connectivity index (χ0) is 14.2. The van der Waals surface area contributed by atoms with Crippen LogP contribution in [0.25, 0.3) is 0 Å². The summed E-state index contributed by atoms with van der Waals surface area (Å²) in [5, 5.41) is 0. The third-order valence-corrected chi connectivity index (χ3v) is 5.80. The molecule has 1 saturated carbocycles. The first-order valence-corrected chi connectivity index (χ1v) is 8.60. The second-order valence-corrected chi connectivity index (χ2v) is 7.17. The Morgan fingerprint density at radius 2 is 2.00 bits per heavy atom. The number of hydrogen-bond donors (Lipinski definition) is 0. The summed E-state index contributed by atoms with van der Waals surface area (Å²) >= 11 is 0. The molecule has 4 rings (SSSR count). The van der Waals surface area contributed by atoms with Gasteiger partial charge in [0.05, 0.1) is 0 Å². The van der Waals surface area contributed by atoms with Crippen LogP contribution in [0.4, 0.5) is 0 Å². The molecule has 2 bridgehead atoms. The van der Waals surface area contributed by atoms with E-state index < -0.39 is 0 Å². The molecule has 0 N–H and O–H groups in total. The number of carbonyl (C=O) groups excluding carboxylic acids is 1. The molecule has 2 aliphatic carbocycles. The Bertz CT molecular complexity index is 423. The molecule has 2 aliphatic heterocycles. The lowest BCUT2D eigenvalue weighted by atomic mass is 9.93. The first kappa shape index (κ1) is 13.8. The van der Waals surface area contributed by atoms with Crippen LogP contribution in [-0.4, -0.2) is 61.1 Å². The van der Waals surface area contributed by atoms with Crippen LogP contribution in [0.3, 0.4) is 0 Å². The summed E-state index contributed by atoms with van der Waals surface area (Å²) in [5.74, 6) is 2.79. The van der Waals surface area contributed by atoms with Gasteiger partial charge in [0.25, 0.3) is 5.91 Å². The fourth-order valence-corrected chi connectivity index (χ4v) is 4.56. The zero-order valence-electron chi connectivity index (χ0n) is 12.7. The zero-order valence-corrected chi connectivity index (χ0v) is 12.7. The average Bonchev–Trinajstić information content (AvgIpc) is 3.25. The number of nitrogens with zero attached hydrogens (tertiary/aromatic N) is 2. The van der Waals surface area contributed by atoms with Crippen molar-refractivity contribution in [3.8, 4) is 0 Å². The van der Waals surface area contributed by atoms with Crippen LogP contribution in [0.2, 0.25) is 0 Å². The van der Waals surface area contributed by atoms with Crippen molar-refractivity contribution in [2.24, 2.45) is 17.8 Å². The van der Waals surface area contributed by atoms with E-state index in [2.05, 4.69) is 17.1 Å². The van der Waals surface area contributed by atoms with Gasteiger partial charge in [0.1, 0.15) is 6.10 Å². The fourth-order valence-electron chi connectivity index (χ4n) is 4.56. The van der Waals surface area contributed by atoms with Gasteiger partial charge in [-0.2, -0.15) is 0 Å². The summed E-state index contributed by atoms with van der Waals surface area (Å²) < 4.78 is 5.52. The number of carbonyl (C=O) groups is 1. The number of amides is 1. The summed E-state index contributed by atoms with van der Waals surface area (Å²) in [6.45, 7) is 5.83. The average molecular weight is 290 g/mol. The molecule has 2 heterocycles. The quantitative estimate of drug-likeness (QED) is 0.739. The van der Waals surface area contributed by atoms with E-state index in [4.69, 9.17) is 4.74 Å². The second kappa shape index (κ2) is 5.73. The largest absolute Gasteiger partial charge is 0.368 e. The molecule has 0 aromatic carbocycles. The highest BCUT2D eigenvalue weighted by atomic mass is 16.5. The van der Waals surface area contributed by atoms with Crippen LogP contribution in [0.1, 0.15) is 25.7 Å². The van der Waals surface area contributed by atoms with Crippen molar-refractivity contribution in [3.63, 3.8) is 0 Å². The highest BCUT2D eigenvalue weighted by Crippen LogP contribution is 2.43. The fraction of sp³-hybridized carbons (Fsp3) is 0.824. The minimum atomic E-state index is -0.146. The third-order valence-electron chi connectivity index (χ3n) is 5.80. The van der Waals surface area contributed by atoms with Crippen molar-refractivity contribution in [2.75, 3.05) is 39.3 Å². The minimum absolute atomic E-state index is 0.146. The third kappa shape index (κ3) is 2.76. The molecule has 21 heavy (non-hydrogen) atoms. The van der Waals surface area contributed by atoms with Crippen molar-refractivity contribution in [1.29, 1.82) is 0 Å². The summed E-state index contributed by atoms with van der Waals surface area (Å²) in [5.41, 5.74) is 0. The first-order valence-electron chi connectivity index (χ1n) is 8.60. The lowest BCUT2D eigenvalue weighted by molar-refractivity contribution is -0.142. The molecule has 0 unspecified atom stereocenters. The minimum Gasteiger partial charge on any atom is -0.368 e. The van der Waals surface area contributed by atoms with Crippen LogP contribution >= 0.6 is 0 Å². The molecule has 0 spiro atoms. The van der Waals surface area contributed by atoms with E-state index in [1.807, 2.05) is 4.90 Å². The molecule has 2 saturated heterocycles. The Labute approximate surface area is 127 Å².